The highest BCUT2D eigenvalue weighted by atomic mass is 16.5. The lowest BCUT2D eigenvalue weighted by atomic mass is 10.2. The van der Waals surface area contributed by atoms with Gasteiger partial charge in [-0.1, -0.05) is 13.8 Å². The number of carbonyl (C=O) groups excluding carboxylic acids is 1. The molecule has 0 aromatic carbocycles. The molecule has 1 amide bonds. The average Bonchev–Trinajstić information content (AvgIpc) is 2.47. The van der Waals surface area contributed by atoms with Gasteiger partial charge in [0.2, 0.25) is 0 Å². The highest BCUT2D eigenvalue weighted by molar-refractivity contribution is 5.80. The van der Waals surface area contributed by atoms with Gasteiger partial charge in [-0.15, -0.1) is 0 Å². The molecule has 5 nitrogen and oxygen atoms in total. The van der Waals surface area contributed by atoms with Crippen molar-refractivity contribution in [3.05, 3.63) is 23.5 Å². The summed E-state index contributed by atoms with van der Waals surface area (Å²) < 4.78 is 5.78. The molecule has 1 aromatic rings. The van der Waals surface area contributed by atoms with Crippen molar-refractivity contribution < 1.29 is 9.53 Å². The van der Waals surface area contributed by atoms with Gasteiger partial charge >= 0.3 is 0 Å². The van der Waals surface area contributed by atoms with Crippen molar-refractivity contribution in [1.82, 2.24) is 15.6 Å². The summed E-state index contributed by atoms with van der Waals surface area (Å²) in [4.78, 5) is 16.4. The number of hydrogen-bond donors (Lipinski definition) is 2. The lowest BCUT2D eigenvalue weighted by molar-refractivity contribution is -0.127. The average molecular weight is 293 g/mol. The normalized spacial score (nSPS) is 12.0. The fourth-order valence-electron chi connectivity index (χ4n) is 1.85. The van der Waals surface area contributed by atoms with E-state index < -0.39 is 6.10 Å². The van der Waals surface area contributed by atoms with Crippen LogP contribution in [-0.4, -0.2) is 30.1 Å². The van der Waals surface area contributed by atoms with Gasteiger partial charge in [0.05, 0.1) is 5.69 Å². The van der Waals surface area contributed by atoms with Gasteiger partial charge in [0.15, 0.2) is 6.10 Å². The van der Waals surface area contributed by atoms with Gasteiger partial charge < -0.3 is 15.4 Å². The van der Waals surface area contributed by atoms with Gasteiger partial charge in [-0.25, -0.2) is 0 Å². The summed E-state index contributed by atoms with van der Waals surface area (Å²) in [6.45, 7) is 10.1. The minimum Gasteiger partial charge on any atom is -0.479 e. The van der Waals surface area contributed by atoms with Crippen LogP contribution >= 0.6 is 0 Å². The molecule has 0 saturated heterocycles. The first-order valence-corrected chi connectivity index (χ1v) is 7.70. The first-order valence-electron chi connectivity index (χ1n) is 7.70. The molecule has 0 radical (unpaired) electrons. The highest BCUT2D eigenvalue weighted by Crippen LogP contribution is 2.18. The van der Waals surface area contributed by atoms with E-state index >= 15 is 0 Å². The molecule has 118 valence electrons. The summed E-state index contributed by atoms with van der Waals surface area (Å²) in [7, 11) is 0. The second kappa shape index (κ2) is 9.34. The third kappa shape index (κ3) is 6.12. The number of rotatable bonds is 9. The number of carbonyl (C=O) groups is 1. The minimum absolute atomic E-state index is 0.0927. The standard InChI is InChI=1S/C16H27N3O2/c1-5-9-17-11-14-15(8-7-12(3)19-14)21-13(4)16(20)18-10-6-2/h7-8,13,17H,5-6,9-11H2,1-4H3,(H,18,20). The number of nitrogens with one attached hydrogen (secondary N) is 2. The molecule has 1 heterocycles. The highest BCUT2D eigenvalue weighted by Gasteiger charge is 2.16. The van der Waals surface area contributed by atoms with Crippen LogP contribution in [-0.2, 0) is 11.3 Å². The number of hydrogen-bond acceptors (Lipinski definition) is 4. The lowest BCUT2D eigenvalue weighted by Crippen LogP contribution is -2.37. The SMILES string of the molecule is CCCNCc1nc(C)ccc1OC(C)C(=O)NCCC. The van der Waals surface area contributed by atoms with Gasteiger partial charge in [-0.05, 0) is 45.4 Å². The largest absolute Gasteiger partial charge is 0.479 e. The van der Waals surface area contributed by atoms with Crippen LogP contribution in [0, 0.1) is 6.92 Å². The first kappa shape index (κ1) is 17.4. The Morgan fingerprint density at radius 3 is 2.67 bits per heavy atom. The molecule has 1 rings (SSSR count). The van der Waals surface area contributed by atoms with Gasteiger partial charge in [0, 0.05) is 18.8 Å². The van der Waals surface area contributed by atoms with Crippen molar-refractivity contribution >= 4 is 5.91 Å². The van der Waals surface area contributed by atoms with E-state index in [9.17, 15) is 4.79 Å². The van der Waals surface area contributed by atoms with Gasteiger partial charge in [-0.3, -0.25) is 9.78 Å². The maximum absolute atomic E-state index is 11.9. The van der Waals surface area contributed by atoms with E-state index in [1.807, 2.05) is 26.0 Å². The maximum atomic E-state index is 11.9. The molecule has 1 atom stereocenters. The van der Waals surface area contributed by atoms with E-state index in [0.29, 0.717) is 18.8 Å². The zero-order valence-electron chi connectivity index (χ0n) is 13.5. The summed E-state index contributed by atoms with van der Waals surface area (Å²) in [6.07, 6.45) is 1.46. The molecule has 21 heavy (non-hydrogen) atoms. The minimum atomic E-state index is -0.522. The topological polar surface area (TPSA) is 63.3 Å². The van der Waals surface area contributed by atoms with Crippen LogP contribution in [0.2, 0.25) is 0 Å². The summed E-state index contributed by atoms with van der Waals surface area (Å²) in [5.74, 6) is 0.577. The molecule has 0 fully saturated rings. The molecule has 0 aliphatic rings. The Morgan fingerprint density at radius 2 is 2.00 bits per heavy atom. The van der Waals surface area contributed by atoms with Crippen LogP contribution < -0.4 is 15.4 Å². The van der Waals surface area contributed by atoms with Crippen molar-refractivity contribution in [2.75, 3.05) is 13.1 Å². The number of nitrogens with zero attached hydrogens (tertiary/aromatic N) is 1. The number of amides is 1. The molecule has 0 bridgehead atoms. The van der Waals surface area contributed by atoms with E-state index in [1.54, 1.807) is 6.92 Å². The molecular weight excluding hydrogens is 266 g/mol. The second-order valence-electron chi connectivity index (χ2n) is 5.13. The molecule has 0 aliphatic carbocycles. The fourth-order valence-corrected chi connectivity index (χ4v) is 1.85. The van der Waals surface area contributed by atoms with Gasteiger partial charge in [-0.2, -0.15) is 0 Å². The Kier molecular flexibility index (Phi) is 7.75. The van der Waals surface area contributed by atoms with Crippen molar-refractivity contribution in [2.24, 2.45) is 0 Å². The van der Waals surface area contributed by atoms with Gasteiger partial charge in [0.1, 0.15) is 5.75 Å². The number of aromatic nitrogens is 1. The maximum Gasteiger partial charge on any atom is 0.260 e. The van der Waals surface area contributed by atoms with E-state index in [0.717, 1.165) is 30.8 Å². The number of pyridine rings is 1. The van der Waals surface area contributed by atoms with Crippen LogP contribution in [0.3, 0.4) is 0 Å². The predicted molar refractivity (Wildman–Crippen MR) is 84.4 cm³/mol. The van der Waals surface area contributed by atoms with E-state index in [4.69, 9.17) is 4.74 Å². The monoisotopic (exact) mass is 293 g/mol. The number of aryl methyl sites for hydroxylation is 1. The van der Waals surface area contributed by atoms with Crippen LogP contribution in [0.15, 0.2) is 12.1 Å². The molecular formula is C16H27N3O2. The van der Waals surface area contributed by atoms with Crippen molar-refractivity contribution in [1.29, 1.82) is 0 Å². The van der Waals surface area contributed by atoms with Crippen LogP contribution in [0.25, 0.3) is 0 Å². The van der Waals surface area contributed by atoms with Crippen molar-refractivity contribution in [3.63, 3.8) is 0 Å². The summed E-state index contributed by atoms with van der Waals surface area (Å²) in [6, 6.07) is 3.78. The van der Waals surface area contributed by atoms with E-state index in [-0.39, 0.29) is 5.91 Å². The van der Waals surface area contributed by atoms with E-state index in [2.05, 4.69) is 22.5 Å². The molecule has 1 aromatic heterocycles. The molecule has 0 aliphatic heterocycles. The Bertz CT molecular complexity index is 449. The van der Waals surface area contributed by atoms with Crippen LogP contribution in [0.1, 0.15) is 45.0 Å². The Hall–Kier alpha value is -1.62. The van der Waals surface area contributed by atoms with Crippen molar-refractivity contribution in [3.8, 4) is 5.75 Å². The lowest BCUT2D eigenvalue weighted by Gasteiger charge is -2.17. The third-order valence-electron chi connectivity index (χ3n) is 3.01. The third-order valence-corrected chi connectivity index (χ3v) is 3.01. The van der Waals surface area contributed by atoms with Crippen LogP contribution in [0.4, 0.5) is 0 Å². The van der Waals surface area contributed by atoms with Gasteiger partial charge in [0.25, 0.3) is 5.91 Å². The molecule has 1 unspecified atom stereocenters. The molecule has 2 N–H and O–H groups in total. The summed E-state index contributed by atoms with van der Waals surface area (Å²) >= 11 is 0. The zero-order valence-corrected chi connectivity index (χ0v) is 13.5. The summed E-state index contributed by atoms with van der Waals surface area (Å²) in [5.41, 5.74) is 1.79. The quantitative estimate of drug-likeness (QED) is 0.685. The van der Waals surface area contributed by atoms with Crippen LogP contribution in [0.5, 0.6) is 5.75 Å². The number of ether oxygens (including phenoxy) is 1. The second-order valence-corrected chi connectivity index (χ2v) is 5.13. The summed E-state index contributed by atoms with van der Waals surface area (Å²) in [5, 5.41) is 6.15. The molecule has 0 spiro atoms. The van der Waals surface area contributed by atoms with E-state index in [1.165, 1.54) is 0 Å². The van der Waals surface area contributed by atoms with Crippen molar-refractivity contribution in [2.45, 2.75) is 53.2 Å². The fraction of sp³-hybridized carbons (Fsp3) is 0.625. The first-order chi connectivity index (χ1) is 10.1. The smallest absolute Gasteiger partial charge is 0.260 e. The molecule has 5 heteroatoms. The Morgan fingerprint density at radius 1 is 1.29 bits per heavy atom. The Balaban J connectivity index is 2.70. The molecule has 0 saturated carbocycles. The Labute approximate surface area is 127 Å². The zero-order chi connectivity index (χ0) is 15.7. The predicted octanol–water partition coefficient (Wildman–Crippen LogP) is 2.18.